The molecule has 0 radical (unpaired) electrons. The summed E-state index contributed by atoms with van der Waals surface area (Å²) in [6.07, 6.45) is 7.35. The lowest BCUT2D eigenvalue weighted by Gasteiger charge is -2.37. The second-order valence-electron chi connectivity index (χ2n) is 8.14. The van der Waals surface area contributed by atoms with Gasteiger partial charge in [-0.1, -0.05) is 32.6 Å². The highest BCUT2D eigenvalue weighted by molar-refractivity contribution is 5.92. The standard InChI is InChI=1S/C23H33N3O4/c1-2-3-17-30-22(28)19-9-11-20(12-10-19)24-23(29)26-15-13-25(14-16-26)21(27)18-7-5-4-6-8-18/h9-12,18H,2-8,13-17H2,1H3,(H,24,29). The molecule has 7 nitrogen and oxygen atoms in total. The van der Waals surface area contributed by atoms with E-state index in [9.17, 15) is 14.4 Å². The van der Waals surface area contributed by atoms with Gasteiger partial charge < -0.3 is 19.9 Å². The van der Waals surface area contributed by atoms with E-state index >= 15 is 0 Å². The highest BCUT2D eigenvalue weighted by atomic mass is 16.5. The molecule has 3 rings (SSSR count). The van der Waals surface area contributed by atoms with Crippen LogP contribution in [0.15, 0.2) is 24.3 Å². The van der Waals surface area contributed by atoms with Gasteiger partial charge in [-0.3, -0.25) is 4.79 Å². The molecule has 30 heavy (non-hydrogen) atoms. The predicted octanol–water partition coefficient (Wildman–Crippen LogP) is 3.90. The lowest BCUT2D eigenvalue weighted by molar-refractivity contribution is -0.138. The van der Waals surface area contributed by atoms with Crippen LogP contribution in [0.3, 0.4) is 0 Å². The Hall–Kier alpha value is -2.57. The second kappa shape index (κ2) is 11.0. The maximum Gasteiger partial charge on any atom is 0.338 e. The molecule has 1 aromatic carbocycles. The summed E-state index contributed by atoms with van der Waals surface area (Å²) < 4.78 is 5.19. The lowest BCUT2D eigenvalue weighted by atomic mass is 9.88. The molecule has 3 amide bonds. The van der Waals surface area contributed by atoms with Crippen molar-refractivity contribution in [3.8, 4) is 0 Å². The molecule has 1 heterocycles. The number of amides is 3. The number of carbonyl (C=O) groups is 3. The van der Waals surface area contributed by atoms with Gasteiger partial charge in [0.1, 0.15) is 0 Å². The molecule has 0 spiro atoms. The summed E-state index contributed by atoms with van der Waals surface area (Å²) in [6.45, 7) is 4.71. The topological polar surface area (TPSA) is 79.0 Å². The Kier molecular flexibility index (Phi) is 8.11. The number of esters is 1. The van der Waals surface area contributed by atoms with E-state index in [-0.39, 0.29) is 23.8 Å². The summed E-state index contributed by atoms with van der Waals surface area (Å²) in [4.78, 5) is 40.8. The van der Waals surface area contributed by atoms with Crippen molar-refractivity contribution in [3.05, 3.63) is 29.8 Å². The summed E-state index contributed by atoms with van der Waals surface area (Å²) in [7, 11) is 0. The highest BCUT2D eigenvalue weighted by Gasteiger charge is 2.29. The number of unbranched alkanes of at least 4 members (excludes halogenated alkanes) is 1. The SMILES string of the molecule is CCCCOC(=O)c1ccc(NC(=O)N2CCN(C(=O)C3CCCCC3)CC2)cc1. The number of ether oxygens (including phenoxy) is 1. The van der Waals surface area contributed by atoms with Crippen LogP contribution < -0.4 is 5.32 Å². The van der Waals surface area contributed by atoms with Gasteiger partial charge in [0, 0.05) is 37.8 Å². The van der Waals surface area contributed by atoms with Crippen LogP contribution in [0.25, 0.3) is 0 Å². The Morgan fingerprint density at radius 2 is 1.60 bits per heavy atom. The zero-order chi connectivity index (χ0) is 21.3. The third kappa shape index (κ3) is 5.97. The molecular weight excluding hydrogens is 382 g/mol. The molecule has 1 saturated carbocycles. The minimum Gasteiger partial charge on any atom is -0.462 e. The molecule has 1 aromatic rings. The zero-order valence-corrected chi connectivity index (χ0v) is 17.9. The summed E-state index contributed by atoms with van der Waals surface area (Å²) in [6, 6.07) is 6.54. The number of hydrogen-bond acceptors (Lipinski definition) is 4. The monoisotopic (exact) mass is 415 g/mol. The third-order valence-corrected chi connectivity index (χ3v) is 5.94. The fourth-order valence-electron chi connectivity index (χ4n) is 4.02. The minimum atomic E-state index is -0.347. The van der Waals surface area contributed by atoms with Gasteiger partial charge in [-0.05, 0) is 43.5 Å². The first-order valence-electron chi connectivity index (χ1n) is 11.2. The molecule has 7 heteroatoms. The minimum absolute atomic E-state index is 0.173. The number of urea groups is 1. The Morgan fingerprint density at radius 1 is 0.967 bits per heavy atom. The fourth-order valence-corrected chi connectivity index (χ4v) is 4.02. The van der Waals surface area contributed by atoms with Gasteiger partial charge in [0.2, 0.25) is 5.91 Å². The van der Waals surface area contributed by atoms with E-state index in [1.54, 1.807) is 29.2 Å². The number of rotatable bonds is 6. The van der Waals surface area contributed by atoms with Gasteiger partial charge in [-0.15, -0.1) is 0 Å². The van der Waals surface area contributed by atoms with Crippen molar-refractivity contribution in [2.24, 2.45) is 5.92 Å². The van der Waals surface area contributed by atoms with Crippen LogP contribution in [0.5, 0.6) is 0 Å². The molecule has 2 aliphatic rings. The highest BCUT2D eigenvalue weighted by Crippen LogP contribution is 2.26. The van der Waals surface area contributed by atoms with Gasteiger partial charge in [0.05, 0.1) is 12.2 Å². The van der Waals surface area contributed by atoms with Crippen LogP contribution in [0.4, 0.5) is 10.5 Å². The molecule has 0 atom stereocenters. The number of nitrogens with one attached hydrogen (secondary N) is 1. The maximum absolute atomic E-state index is 12.7. The molecule has 1 aliphatic carbocycles. The van der Waals surface area contributed by atoms with Crippen molar-refractivity contribution >= 4 is 23.6 Å². The van der Waals surface area contributed by atoms with E-state index < -0.39 is 0 Å². The number of anilines is 1. The zero-order valence-electron chi connectivity index (χ0n) is 17.9. The summed E-state index contributed by atoms with van der Waals surface area (Å²) in [5.41, 5.74) is 1.10. The van der Waals surface area contributed by atoms with E-state index in [2.05, 4.69) is 5.32 Å². The van der Waals surface area contributed by atoms with Gasteiger partial charge in [-0.25, -0.2) is 9.59 Å². The first-order valence-corrected chi connectivity index (χ1v) is 11.2. The number of carbonyl (C=O) groups excluding carboxylic acids is 3. The lowest BCUT2D eigenvalue weighted by Crippen LogP contribution is -2.53. The van der Waals surface area contributed by atoms with Crippen LogP contribution in [-0.4, -0.2) is 60.5 Å². The van der Waals surface area contributed by atoms with Crippen LogP contribution >= 0.6 is 0 Å². The maximum atomic E-state index is 12.7. The smallest absolute Gasteiger partial charge is 0.338 e. The molecule has 1 saturated heterocycles. The second-order valence-corrected chi connectivity index (χ2v) is 8.14. The third-order valence-electron chi connectivity index (χ3n) is 5.94. The van der Waals surface area contributed by atoms with Crippen LogP contribution in [-0.2, 0) is 9.53 Å². The van der Waals surface area contributed by atoms with E-state index in [1.165, 1.54) is 6.42 Å². The average Bonchev–Trinajstić information content (AvgIpc) is 2.80. The van der Waals surface area contributed by atoms with Crippen molar-refractivity contribution < 1.29 is 19.1 Å². The van der Waals surface area contributed by atoms with Gasteiger partial charge in [-0.2, -0.15) is 0 Å². The number of benzene rings is 1. The van der Waals surface area contributed by atoms with Crippen LogP contribution in [0, 0.1) is 5.92 Å². The average molecular weight is 416 g/mol. The van der Waals surface area contributed by atoms with E-state index in [0.29, 0.717) is 44.0 Å². The number of hydrogen-bond donors (Lipinski definition) is 1. The van der Waals surface area contributed by atoms with Gasteiger partial charge >= 0.3 is 12.0 Å². The molecular formula is C23H33N3O4. The molecule has 1 aliphatic heterocycles. The molecule has 0 bridgehead atoms. The van der Waals surface area contributed by atoms with Crippen LogP contribution in [0.1, 0.15) is 62.2 Å². The molecule has 0 aromatic heterocycles. The number of piperazine rings is 1. The fraction of sp³-hybridized carbons (Fsp3) is 0.609. The van der Waals surface area contributed by atoms with E-state index in [4.69, 9.17) is 4.74 Å². The van der Waals surface area contributed by atoms with Crippen molar-refractivity contribution in [2.45, 2.75) is 51.9 Å². The van der Waals surface area contributed by atoms with Gasteiger partial charge in [0.15, 0.2) is 0 Å². The summed E-state index contributed by atoms with van der Waals surface area (Å²) >= 11 is 0. The predicted molar refractivity (Wildman–Crippen MR) is 115 cm³/mol. The largest absolute Gasteiger partial charge is 0.462 e. The summed E-state index contributed by atoms with van der Waals surface area (Å²) in [5, 5.41) is 2.87. The summed E-state index contributed by atoms with van der Waals surface area (Å²) in [5.74, 6) is 0.0857. The molecule has 2 fully saturated rings. The first kappa shape index (κ1) is 22.1. The van der Waals surface area contributed by atoms with Crippen LogP contribution in [0.2, 0.25) is 0 Å². The van der Waals surface area contributed by atoms with Crippen molar-refractivity contribution in [2.75, 3.05) is 38.1 Å². The molecule has 1 N–H and O–H groups in total. The van der Waals surface area contributed by atoms with E-state index in [0.717, 1.165) is 38.5 Å². The van der Waals surface area contributed by atoms with Crippen molar-refractivity contribution in [3.63, 3.8) is 0 Å². The Balaban J connectivity index is 1.44. The molecule has 0 unspecified atom stereocenters. The van der Waals surface area contributed by atoms with Crippen molar-refractivity contribution in [1.82, 2.24) is 9.80 Å². The van der Waals surface area contributed by atoms with Crippen molar-refractivity contribution in [1.29, 1.82) is 0 Å². The van der Waals surface area contributed by atoms with E-state index in [1.807, 2.05) is 11.8 Å². The Labute approximate surface area is 178 Å². The Morgan fingerprint density at radius 3 is 2.23 bits per heavy atom. The normalized spacial score (nSPS) is 17.5. The number of nitrogens with zero attached hydrogens (tertiary/aromatic N) is 2. The Bertz CT molecular complexity index is 720. The molecule has 164 valence electrons. The van der Waals surface area contributed by atoms with Gasteiger partial charge in [0.25, 0.3) is 0 Å². The quantitative estimate of drug-likeness (QED) is 0.565. The first-order chi connectivity index (χ1) is 14.6.